The zero-order valence-corrected chi connectivity index (χ0v) is 9.43. The van der Waals surface area contributed by atoms with Crippen molar-refractivity contribution in [2.45, 2.75) is 37.8 Å². The van der Waals surface area contributed by atoms with E-state index in [0.29, 0.717) is 12.5 Å². The van der Waals surface area contributed by atoms with Crippen LogP contribution in [0.1, 0.15) is 25.7 Å². The third kappa shape index (κ3) is 2.83. The van der Waals surface area contributed by atoms with Crippen molar-refractivity contribution in [1.82, 2.24) is 5.32 Å². The number of carbonyl (C=O) groups excluding carboxylic acids is 1. The Morgan fingerprint density at radius 1 is 1.38 bits per heavy atom. The van der Waals surface area contributed by atoms with Gasteiger partial charge in [-0.15, -0.1) is 0 Å². The summed E-state index contributed by atoms with van der Waals surface area (Å²) in [7, 11) is 0. The molecule has 0 aliphatic heterocycles. The number of carbonyl (C=O) groups is 1. The van der Waals surface area contributed by atoms with E-state index in [9.17, 15) is 9.90 Å². The first kappa shape index (κ1) is 11.6. The Balaban J connectivity index is 1.70. The first-order chi connectivity index (χ1) is 7.65. The number of nitrogens with one attached hydrogen (secondary N) is 1. The largest absolute Gasteiger partial charge is 0.393 e. The Morgan fingerprint density at radius 3 is 2.75 bits per heavy atom. The van der Waals surface area contributed by atoms with Crippen LogP contribution in [-0.4, -0.2) is 29.7 Å². The van der Waals surface area contributed by atoms with Gasteiger partial charge in [0.2, 0.25) is 5.91 Å². The lowest BCUT2D eigenvalue weighted by Crippen LogP contribution is -2.33. The summed E-state index contributed by atoms with van der Waals surface area (Å²) in [5, 5.41) is 12.3. The minimum Gasteiger partial charge on any atom is -0.393 e. The maximum absolute atomic E-state index is 11.7. The van der Waals surface area contributed by atoms with Gasteiger partial charge in [0.05, 0.1) is 12.0 Å². The second-order valence-electron chi connectivity index (χ2n) is 4.97. The summed E-state index contributed by atoms with van der Waals surface area (Å²) < 4.78 is 0. The van der Waals surface area contributed by atoms with Crippen molar-refractivity contribution < 1.29 is 9.90 Å². The zero-order chi connectivity index (χ0) is 11.5. The third-order valence-electron chi connectivity index (χ3n) is 3.53. The summed E-state index contributed by atoms with van der Waals surface area (Å²) in [6, 6.07) is 0.0315. The molecule has 1 fully saturated rings. The smallest absolute Gasteiger partial charge is 0.227 e. The number of nitrogens with two attached hydrogens (primary N) is 1. The van der Waals surface area contributed by atoms with E-state index in [1.807, 2.05) is 12.2 Å². The van der Waals surface area contributed by atoms with E-state index >= 15 is 0 Å². The highest BCUT2D eigenvalue weighted by atomic mass is 16.3. The van der Waals surface area contributed by atoms with E-state index in [-0.39, 0.29) is 24.0 Å². The maximum atomic E-state index is 11.7. The molecule has 1 saturated carbocycles. The first-order valence-corrected chi connectivity index (χ1v) is 6.05. The molecule has 0 spiro atoms. The molecule has 2 rings (SSSR count). The maximum Gasteiger partial charge on any atom is 0.227 e. The molecule has 2 aliphatic carbocycles. The van der Waals surface area contributed by atoms with Gasteiger partial charge < -0.3 is 16.2 Å². The van der Waals surface area contributed by atoms with E-state index in [2.05, 4.69) is 5.32 Å². The van der Waals surface area contributed by atoms with Crippen LogP contribution in [0.4, 0.5) is 0 Å². The summed E-state index contributed by atoms with van der Waals surface area (Å²) in [5.41, 5.74) is 5.70. The summed E-state index contributed by atoms with van der Waals surface area (Å²) in [4.78, 5) is 11.7. The first-order valence-electron chi connectivity index (χ1n) is 6.05. The van der Waals surface area contributed by atoms with Crippen LogP contribution in [0.3, 0.4) is 0 Å². The quantitative estimate of drug-likeness (QED) is 0.598. The molecular formula is C12H20N2O2. The fraction of sp³-hybridized carbons (Fsp3) is 0.750. The van der Waals surface area contributed by atoms with Crippen LogP contribution in [0.5, 0.6) is 0 Å². The van der Waals surface area contributed by atoms with Crippen LogP contribution < -0.4 is 11.1 Å². The molecule has 0 aromatic carbocycles. The van der Waals surface area contributed by atoms with E-state index in [1.54, 1.807) is 0 Å². The molecule has 0 heterocycles. The van der Waals surface area contributed by atoms with E-state index in [0.717, 1.165) is 25.7 Å². The standard InChI is InChI=1S/C12H20N2O2/c13-10-3-2-9(6-10)12(16)14-7-8-1-4-11(15)5-8/h2-3,8-11,15H,1,4-7,13H2,(H,14,16). The predicted octanol–water partition coefficient (Wildman–Crippen LogP) is 0.167. The van der Waals surface area contributed by atoms with Gasteiger partial charge in [-0.05, 0) is 31.6 Å². The fourth-order valence-corrected chi connectivity index (χ4v) is 2.53. The Bertz CT molecular complexity index is 291. The third-order valence-corrected chi connectivity index (χ3v) is 3.53. The molecule has 4 N–H and O–H groups in total. The molecule has 0 bridgehead atoms. The Kier molecular flexibility index (Phi) is 3.61. The minimum atomic E-state index is -0.165. The molecule has 0 radical (unpaired) electrons. The number of hydrogen-bond acceptors (Lipinski definition) is 3. The van der Waals surface area contributed by atoms with Gasteiger partial charge in [0.25, 0.3) is 0 Å². The topological polar surface area (TPSA) is 75.4 Å². The number of hydrogen-bond donors (Lipinski definition) is 3. The minimum absolute atomic E-state index is 0.0315. The summed E-state index contributed by atoms with van der Waals surface area (Å²) in [5.74, 6) is 0.463. The molecule has 0 aromatic heterocycles. The van der Waals surface area contributed by atoms with Crippen LogP contribution in [0, 0.1) is 11.8 Å². The molecule has 2 aliphatic rings. The molecule has 16 heavy (non-hydrogen) atoms. The van der Waals surface area contributed by atoms with E-state index < -0.39 is 0 Å². The molecule has 0 aromatic rings. The molecule has 0 saturated heterocycles. The molecular weight excluding hydrogens is 204 g/mol. The Hall–Kier alpha value is -0.870. The average Bonchev–Trinajstić information content (AvgIpc) is 2.84. The van der Waals surface area contributed by atoms with Crippen molar-refractivity contribution >= 4 is 5.91 Å². The summed E-state index contributed by atoms with van der Waals surface area (Å²) in [6.45, 7) is 0.690. The van der Waals surface area contributed by atoms with Crippen LogP contribution >= 0.6 is 0 Å². The highest BCUT2D eigenvalue weighted by Gasteiger charge is 2.26. The highest BCUT2D eigenvalue weighted by molar-refractivity contribution is 5.81. The van der Waals surface area contributed by atoms with Gasteiger partial charge in [-0.25, -0.2) is 0 Å². The second kappa shape index (κ2) is 4.97. The van der Waals surface area contributed by atoms with Gasteiger partial charge in [0, 0.05) is 12.6 Å². The predicted molar refractivity (Wildman–Crippen MR) is 61.6 cm³/mol. The van der Waals surface area contributed by atoms with Crippen molar-refractivity contribution in [1.29, 1.82) is 0 Å². The van der Waals surface area contributed by atoms with Gasteiger partial charge in [0.1, 0.15) is 0 Å². The highest BCUT2D eigenvalue weighted by Crippen LogP contribution is 2.25. The van der Waals surface area contributed by atoms with Gasteiger partial charge in [0.15, 0.2) is 0 Å². The van der Waals surface area contributed by atoms with Gasteiger partial charge >= 0.3 is 0 Å². The lowest BCUT2D eigenvalue weighted by atomic mass is 10.1. The monoisotopic (exact) mass is 224 g/mol. The molecule has 4 nitrogen and oxygen atoms in total. The SMILES string of the molecule is NC1C=CC(C(=O)NCC2CCC(O)C2)C1. The normalized spacial score (nSPS) is 37.9. The van der Waals surface area contributed by atoms with E-state index in [1.165, 1.54) is 0 Å². The number of rotatable bonds is 3. The van der Waals surface area contributed by atoms with Gasteiger partial charge in [-0.2, -0.15) is 0 Å². The van der Waals surface area contributed by atoms with Crippen LogP contribution in [0.25, 0.3) is 0 Å². The average molecular weight is 224 g/mol. The van der Waals surface area contributed by atoms with Crippen LogP contribution in [-0.2, 0) is 4.79 Å². The van der Waals surface area contributed by atoms with E-state index in [4.69, 9.17) is 5.73 Å². The molecule has 90 valence electrons. The number of amides is 1. The lowest BCUT2D eigenvalue weighted by Gasteiger charge is -2.14. The van der Waals surface area contributed by atoms with Crippen molar-refractivity contribution in [2.24, 2.45) is 17.6 Å². The van der Waals surface area contributed by atoms with Gasteiger partial charge in [-0.1, -0.05) is 12.2 Å². The fourth-order valence-electron chi connectivity index (χ4n) is 2.53. The number of aliphatic hydroxyl groups excluding tert-OH is 1. The summed E-state index contributed by atoms with van der Waals surface area (Å²) in [6.07, 6.45) is 7.05. The molecule has 4 unspecified atom stereocenters. The lowest BCUT2D eigenvalue weighted by molar-refractivity contribution is -0.123. The molecule has 4 heteroatoms. The Labute approximate surface area is 95.9 Å². The van der Waals surface area contributed by atoms with Crippen molar-refractivity contribution in [3.05, 3.63) is 12.2 Å². The van der Waals surface area contributed by atoms with Crippen molar-refractivity contribution in [3.63, 3.8) is 0 Å². The summed E-state index contributed by atoms with van der Waals surface area (Å²) >= 11 is 0. The van der Waals surface area contributed by atoms with Crippen LogP contribution in [0.15, 0.2) is 12.2 Å². The van der Waals surface area contributed by atoms with Crippen molar-refractivity contribution in [3.8, 4) is 0 Å². The van der Waals surface area contributed by atoms with Crippen LogP contribution in [0.2, 0.25) is 0 Å². The van der Waals surface area contributed by atoms with Gasteiger partial charge in [-0.3, -0.25) is 4.79 Å². The van der Waals surface area contributed by atoms with Crippen molar-refractivity contribution in [2.75, 3.05) is 6.54 Å². The molecule has 4 atom stereocenters. The Morgan fingerprint density at radius 2 is 2.19 bits per heavy atom. The second-order valence-corrected chi connectivity index (χ2v) is 4.97. The molecule has 1 amide bonds. The zero-order valence-electron chi connectivity index (χ0n) is 9.43. The number of aliphatic hydroxyl groups is 1.